The second-order valence-corrected chi connectivity index (χ2v) is 6.67. The highest BCUT2D eigenvalue weighted by Gasteiger charge is 2.16. The van der Waals surface area contributed by atoms with Crippen molar-refractivity contribution in [2.24, 2.45) is 0 Å². The van der Waals surface area contributed by atoms with Gasteiger partial charge in [-0.1, -0.05) is 24.0 Å². The predicted molar refractivity (Wildman–Crippen MR) is 110 cm³/mol. The molecule has 0 aromatic carbocycles. The van der Waals surface area contributed by atoms with Gasteiger partial charge < -0.3 is 0 Å². The van der Waals surface area contributed by atoms with Gasteiger partial charge in [0.05, 0.1) is 17.6 Å². The van der Waals surface area contributed by atoms with E-state index < -0.39 is 0 Å². The van der Waals surface area contributed by atoms with Gasteiger partial charge >= 0.3 is 0 Å². The fourth-order valence-corrected chi connectivity index (χ4v) is 3.18. The lowest BCUT2D eigenvalue weighted by molar-refractivity contribution is 0.101. The average molecular weight is 401 g/mol. The Morgan fingerprint density at radius 1 is 1.17 bits per heavy atom. The highest BCUT2D eigenvalue weighted by Crippen LogP contribution is 2.24. The van der Waals surface area contributed by atoms with E-state index in [0.29, 0.717) is 27.9 Å². The minimum atomic E-state index is -0.356. The van der Waals surface area contributed by atoms with Gasteiger partial charge in [0.15, 0.2) is 10.8 Å². The smallest absolute Gasteiger partial charge is 0.277 e. The van der Waals surface area contributed by atoms with E-state index in [-0.39, 0.29) is 5.91 Å². The molecule has 4 rings (SSSR count). The Hall–Kier alpha value is -3.90. The first-order valence-corrected chi connectivity index (χ1v) is 9.66. The summed E-state index contributed by atoms with van der Waals surface area (Å²) in [6.07, 6.45) is 7.17. The minimum absolute atomic E-state index is 0.296. The molecule has 0 atom stereocenters. The van der Waals surface area contributed by atoms with Crippen LogP contribution in [0.4, 0.5) is 5.13 Å². The van der Waals surface area contributed by atoms with Crippen LogP contribution in [-0.2, 0) is 0 Å². The first-order chi connectivity index (χ1) is 14.2. The average Bonchev–Trinajstić information content (AvgIpc) is 3.43. The van der Waals surface area contributed by atoms with Crippen molar-refractivity contribution in [3.8, 4) is 28.9 Å². The van der Waals surface area contributed by atoms with Crippen molar-refractivity contribution in [1.82, 2.24) is 29.9 Å². The fraction of sp³-hybridized carbons (Fsp3) is 0.100. The minimum Gasteiger partial charge on any atom is -0.296 e. The molecule has 0 radical (unpaired) electrons. The van der Waals surface area contributed by atoms with E-state index in [1.54, 1.807) is 30.7 Å². The number of pyridine rings is 2. The van der Waals surface area contributed by atoms with Crippen LogP contribution >= 0.6 is 11.3 Å². The number of nitrogens with zero attached hydrogens (tertiary/aromatic N) is 6. The summed E-state index contributed by atoms with van der Waals surface area (Å²) in [6.45, 7) is 2.00. The van der Waals surface area contributed by atoms with Crippen molar-refractivity contribution in [2.45, 2.75) is 13.3 Å². The van der Waals surface area contributed by atoms with Crippen molar-refractivity contribution in [2.75, 3.05) is 5.32 Å². The van der Waals surface area contributed by atoms with E-state index in [4.69, 9.17) is 0 Å². The summed E-state index contributed by atoms with van der Waals surface area (Å²) >= 11 is 1.32. The van der Waals surface area contributed by atoms with Crippen LogP contribution in [0.1, 0.15) is 29.4 Å². The molecule has 4 heterocycles. The molecular weight excluding hydrogens is 386 g/mol. The number of aromatic nitrogens is 6. The molecule has 0 spiro atoms. The van der Waals surface area contributed by atoms with Gasteiger partial charge in [-0.15, -0.1) is 16.4 Å². The fourth-order valence-electron chi connectivity index (χ4n) is 2.49. The van der Waals surface area contributed by atoms with Crippen LogP contribution in [-0.4, -0.2) is 35.9 Å². The SMILES string of the molecule is CCC#Cc1ccc(-c2csc(NC(=O)c3cnnn3-c3ccncc3)n2)nc1. The van der Waals surface area contributed by atoms with Crippen LogP contribution in [0, 0.1) is 11.8 Å². The van der Waals surface area contributed by atoms with Gasteiger partial charge in [-0.2, -0.15) is 0 Å². The summed E-state index contributed by atoms with van der Waals surface area (Å²) in [6, 6.07) is 7.25. The molecule has 0 saturated heterocycles. The third-order valence-corrected chi connectivity index (χ3v) is 4.61. The second-order valence-electron chi connectivity index (χ2n) is 5.82. The molecule has 142 valence electrons. The number of thiazole rings is 1. The highest BCUT2D eigenvalue weighted by atomic mass is 32.1. The maximum absolute atomic E-state index is 12.7. The molecule has 0 fully saturated rings. The molecule has 4 aromatic rings. The van der Waals surface area contributed by atoms with Gasteiger partial charge in [0, 0.05) is 36.0 Å². The standard InChI is InChI=1S/C20H15N7OS/c1-2-3-4-14-5-6-16(22-11-14)17-13-29-20(24-17)25-19(28)18-12-23-26-27(18)15-7-9-21-10-8-15/h5-13H,2H2,1H3,(H,24,25,28). The Labute approximate surface area is 170 Å². The Balaban J connectivity index is 1.50. The van der Waals surface area contributed by atoms with Gasteiger partial charge in [0.1, 0.15) is 5.69 Å². The largest absolute Gasteiger partial charge is 0.296 e. The summed E-state index contributed by atoms with van der Waals surface area (Å²) < 4.78 is 1.45. The van der Waals surface area contributed by atoms with E-state index in [9.17, 15) is 4.79 Å². The van der Waals surface area contributed by atoms with Crippen molar-refractivity contribution in [3.05, 3.63) is 65.7 Å². The quantitative estimate of drug-likeness (QED) is 0.527. The number of anilines is 1. The van der Waals surface area contributed by atoms with Crippen molar-refractivity contribution in [3.63, 3.8) is 0 Å². The number of hydrogen-bond acceptors (Lipinski definition) is 7. The van der Waals surface area contributed by atoms with Crippen molar-refractivity contribution < 1.29 is 4.79 Å². The lowest BCUT2D eigenvalue weighted by Gasteiger charge is -2.05. The van der Waals surface area contributed by atoms with Gasteiger partial charge in [0.2, 0.25) is 0 Å². The summed E-state index contributed by atoms with van der Waals surface area (Å²) in [7, 11) is 0. The Morgan fingerprint density at radius 3 is 2.79 bits per heavy atom. The first kappa shape index (κ1) is 18.5. The zero-order chi connectivity index (χ0) is 20.1. The number of amides is 1. The molecule has 0 saturated carbocycles. The molecule has 0 unspecified atom stereocenters. The van der Waals surface area contributed by atoms with Crippen LogP contribution in [0.2, 0.25) is 0 Å². The lowest BCUT2D eigenvalue weighted by atomic mass is 10.2. The molecular formula is C20H15N7OS. The summed E-state index contributed by atoms with van der Waals surface area (Å²) in [5.41, 5.74) is 3.24. The van der Waals surface area contributed by atoms with Gasteiger partial charge in [-0.05, 0) is 24.3 Å². The molecule has 1 N–H and O–H groups in total. The Kier molecular flexibility index (Phi) is 5.36. The second kappa shape index (κ2) is 8.41. The predicted octanol–water partition coefficient (Wildman–Crippen LogP) is 3.19. The van der Waals surface area contributed by atoms with Crippen LogP contribution in [0.5, 0.6) is 0 Å². The van der Waals surface area contributed by atoms with Crippen LogP contribution in [0.25, 0.3) is 17.1 Å². The van der Waals surface area contributed by atoms with E-state index in [1.807, 2.05) is 24.4 Å². The zero-order valence-electron chi connectivity index (χ0n) is 15.4. The summed E-state index contributed by atoms with van der Waals surface area (Å²) in [5, 5.41) is 12.9. The maximum Gasteiger partial charge on any atom is 0.277 e. The van der Waals surface area contributed by atoms with Gasteiger partial charge in [-0.25, -0.2) is 9.67 Å². The zero-order valence-corrected chi connectivity index (χ0v) is 16.2. The highest BCUT2D eigenvalue weighted by molar-refractivity contribution is 7.14. The molecule has 0 aliphatic carbocycles. The maximum atomic E-state index is 12.7. The van der Waals surface area contributed by atoms with Gasteiger partial charge in [0.25, 0.3) is 5.91 Å². The summed E-state index contributed by atoms with van der Waals surface area (Å²) in [4.78, 5) is 25.5. The molecule has 29 heavy (non-hydrogen) atoms. The molecule has 0 aliphatic rings. The number of carbonyl (C=O) groups excluding carboxylic acids is 1. The third kappa shape index (κ3) is 4.17. The molecule has 0 aliphatic heterocycles. The summed E-state index contributed by atoms with van der Waals surface area (Å²) in [5.74, 6) is 5.69. The molecule has 0 bridgehead atoms. The van der Waals surface area contributed by atoms with E-state index in [0.717, 1.165) is 12.0 Å². The topological polar surface area (TPSA) is 98.5 Å². The number of hydrogen-bond donors (Lipinski definition) is 1. The van der Waals surface area contributed by atoms with Crippen molar-refractivity contribution >= 4 is 22.4 Å². The van der Waals surface area contributed by atoms with Crippen LogP contribution < -0.4 is 5.32 Å². The molecule has 9 heteroatoms. The van der Waals surface area contributed by atoms with E-state index in [1.165, 1.54) is 22.2 Å². The monoisotopic (exact) mass is 401 g/mol. The van der Waals surface area contributed by atoms with Crippen LogP contribution in [0.15, 0.2) is 54.4 Å². The Bertz CT molecular complexity index is 1190. The van der Waals surface area contributed by atoms with Gasteiger partial charge in [-0.3, -0.25) is 20.1 Å². The molecule has 8 nitrogen and oxygen atoms in total. The van der Waals surface area contributed by atoms with Crippen molar-refractivity contribution in [1.29, 1.82) is 0 Å². The molecule has 4 aromatic heterocycles. The van der Waals surface area contributed by atoms with Crippen LogP contribution in [0.3, 0.4) is 0 Å². The first-order valence-electron chi connectivity index (χ1n) is 8.78. The molecule has 1 amide bonds. The third-order valence-electron chi connectivity index (χ3n) is 3.85. The normalized spacial score (nSPS) is 10.2. The lowest BCUT2D eigenvalue weighted by Crippen LogP contribution is -2.16. The number of nitrogens with one attached hydrogen (secondary N) is 1. The number of carbonyl (C=O) groups is 1. The Morgan fingerprint density at radius 2 is 2.03 bits per heavy atom. The van der Waals surface area contributed by atoms with E-state index in [2.05, 4.69) is 42.4 Å². The number of rotatable bonds is 4. The van der Waals surface area contributed by atoms with E-state index >= 15 is 0 Å².